The molecule has 138 valence electrons. The molecule has 1 saturated heterocycles. The second-order valence-electron chi connectivity index (χ2n) is 7.03. The Hall–Kier alpha value is -1.23. The molecule has 5 heteroatoms. The number of nitrogens with one attached hydrogen (secondary N) is 1. The topological polar surface area (TPSA) is 15.3 Å². The molecule has 2 heterocycles. The van der Waals surface area contributed by atoms with Crippen molar-refractivity contribution in [2.24, 2.45) is 0 Å². The number of benzene rings is 2. The molecule has 0 bridgehead atoms. The summed E-state index contributed by atoms with van der Waals surface area (Å²) in [6.07, 6.45) is 4.35. The first kappa shape index (κ1) is 18.1. The molecule has 0 unspecified atom stereocenters. The van der Waals surface area contributed by atoms with Crippen LogP contribution in [0, 0.1) is 5.82 Å². The number of hydrogen-bond acceptors (Lipinski definition) is 3. The molecule has 0 radical (unpaired) electrons. The van der Waals surface area contributed by atoms with E-state index in [0.29, 0.717) is 0 Å². The highest BCUT2D eigenvalue weighted by Crippen LogP contribution is 2.36. The Morgan fingerprint density at radius 2 is 1.88 bits per heavy atom. The van der Waals surface area contributed by atoms with E-state index in [0.717, 1.165) is 78.8 Å². The van der Waals surface area contributed by atoms with Crippen molar-refractivity contribution >= 4 is 29.1 Å². The third kappa shape index (κ3) is 3.88. The zero-order valence-corrected chi connectivity index (χ0v) is 16.4. The van der Waals surface area contributed by atoms with Gasteiger partial charge < -0.3 is 10.2 Å². The smallest absolute Gasteiger partial charge is 0.146 e. The van der Waals surface area contributed by atoms with Crippen molar-refractivity contribution in [3.8, 4) is 0 Å². The monoisotopic (exact) mass is 390 g/mol. The van der Waals surface area contributed by atoms with E-state index < -0.39 is 0 Å². The summed E-state index contributed by atoms with van der Waals surface area (Å²) < 4.78 is 14.5. The summed E-state index contributed by atoms with van der Waals surface area (Å²) >= 11 is 8.23. The fraction of sp³-hybridized carbons (Fsp3) is 0.429. The molecule has 1 fully saturated rings. The zero-order valence-electron chi connectivity index (χ0n) is 14.9. The van der Waals surface area contributed by atoms with E-state index in [2.05, 4.69) is 22.3 Å². The summed E-state index contributed by atoms with van der Waals surface area (Å²) in [6, 6.07) is 9.84. The Labute approximate surface area is 164 Å². The predicted molar refractivity (Wildman–Crippen MR) is 109 cm³/mol. The van der Waals surface area contributed by atoms with Crippen molar-refractivity contribution in [3.63, 3.8) is 0 Å². The van der Waals surface area contributed by atoms with E-state index in [1.807, 2.05) is 12.1 Å². The third-order valence-electron chi connectivity index (χ3n) is 5.27. The molecule has 0 aromatic heterocycles. The van der Waals surface area contributed by atoms with Gasteiger partial charge in [-0.05, 0) is 73.7 Å². The van der Waals surface area contributed by atoms with E-state index in [9.17, 15) is 4.39 Å². The Balaban J connectivity index is 1.51. The molecule has 0 spiro atoms. The van der Waals surface area contributed by atoms with Gasteiger partial charge in [-0.25, -0.2) is 4.39 Å². The summed E-state index contributed by atoms with van der Waals surface area (Å²) in [4.78, 5) is 3.31. The number of halogens is 2. The van der Waals surface area contributed by atoms with Crippen molar-refractivity contribution in [2.45, 2.75) is 36.3 Å². The second-order valence-corrected chi connectivity index (χ2v) is 8.43. The van der Waals surface area contributed by atoms with Gasteiger partial charge in [-0.3, -0.25) is 0 Å². The minimum absolute atomic E-state index is 0.104. The lowest BCUT2D eigenvalue weighted by molar-refractivity contribution is 0.622. The van der Waals surface area contributed by atoms with Gasteiger partial charge in [0.05, 0.1) is 10.7 Å². The van der Waals surface area contributed by atoms with Crippen molar-refractivity contribution in [2.75, 3.05) is 31.1 Å². The molecule has 2 aliphatic rings. The van der Waals surface area contributed by atoms with Gasteiger partial charge >= 0.3 is 0 Å². The first-order chi connectivity index (χ1) is 12.7. The molecule has 2 nitrogen and oxygen atoms in total. The van der Waals surface area contributed by atoms with Crippen LogP contribution in [0.1, 0.15) is 29.5 Å². The summed E-state index contributed by atoms with van der Waals surface area (Å²) in [5.41, 5.74) is 4.50. The van der Waals surface area contributed by atoms with Crippen LogP contribution in [-0.2, 0) is 18.6 Å². The quantitative estimate of drug-likeness (QED) is 0.734. The Morgan fingerprint density at radius 1 is 1.08 bits per heavy atom. The van der Waals surface area contributed by atoms with E-state index in [4.69, 9.17) is 11.6 Å². The van der Waals surface area contributed by atoms with Gasteiger partial charge in [0.15, 0.2) is 0 Å². The lowest BCUT2D eigenvalue weighted by atomic mass is 10.0. The number of fused-ring (bicyclic) bond motifs is 1. The molecule has 0 saturated carbocycles. The minimum Gasteiger partial charge on any atom is -0.369 e. The fourth-order valence-corrected chi connectivity index (χ4v) is 5.32. The molecule has 0 amide bonds. The zero-order chi connectivity index (χ0) is 17.9. The van der Waals surface area contributed by atoms with Crippen LogP contribution in [-0.4, -0.2) is 26.2 Å². The van der Waals surface area contributed by atoms with Crippen LogP contribution in [0.25, 0.3) is 0 Å². The Kier molecular flexibility index (Phi) is 5.72. The van der Waals surface area contributed by atoms with Crippen molar-refractivity contribution in [1.29, 1.82) is 0 Å². The molecule has 4 rings (SSSR count). The molecular formula is C21H24ClFN2S. The third-order valence-corrected chi connectivity index (χ3v) is 6.93. The van der Waals surface area contributed by atoms with E-state index in [1.165, 1.54) is 11.1 Å². The molecule has 0 aliphatic carbocycles. The van der Waals surface area contributed by atoms with Crippen molar-refractivity contribution in [1.82, 2.24) is 5.32 Å². The largest absolute Gasteiger partial charge is 0.369 e. The first-order valence-corrected chi connectivity index (χ1v) is 10.8. The van der Waals surface area contributed by atoms with Crippen LogP contribution in [0.5, 0.6) is 0 Å². The van der Waals surface area contributed by atoms with Crippen LogP contribution in [0.2, 0.25) is 5.02 Å². The van der Waals surface area contributed by atoms with E-state index in [1.54, 1.807) is 17.8 Å². The lowest BCUT2D eigenvalue weighted by Gasteiger charge is -2.19. The second kappa shape index (κ2) is 8.20. The van der Waals surface area contributed by atoms with Crippen molar-refractivity contribution < 1.29 is 4.39 Å². The number of hydrogen-bond donors (Lipinski definition) is 1. The van der Waals surface area contributed by atoms with Gasteiger partial charge in [0.25, 0.3) is 0 Å². The van der Waals surface area contributed by atoms with Gasteiger partial charge in [-0.15, -0.1) is 11.8 Å². The maximum atomic E-state index is 14.5. The standard InChI is InChI=1S/C21H24ClFN2S/c22-18-5-4-16-7-9-24-10-8-17(16)21(18)26-14-15-3-6-20(19(23)13-15)25-11-1-2-12-25/h3-6,13,24H,1-2,7-12,14H2. The molecule has 1 N–H and O–H groups in total. The Morgan fingerprint density at radius 3 is 2.69 bits per heavy atom. The van der Waals surface area contributed by atoms with Gasteiger partial charge in [-0.1, -0.05) is 23.7 Å². The first-order valence-electron chi connectivity index (χ1n) is 9.39. The SMILES string of the molecule is Fc1cc(CSc2c(Cl)ccc3c2CCNCC3)ccc1N1CCCC1. The minimum atomic E-state index is -0.104. The van der Waals surface area contributed by atoms with Crippen LogP contribution in [0.4, 0.5) is 10.1 Å². The highest BCUT2D eigenvalue weighted by Gasteiger charge is 2.18. The molecular weight excluding hydrogens is 367 g/mol. The molecule has 2 aromatic carbocycles. The van der Waals surface area contributed by atoms with Crippen LogP contribution < -0.4 is 10.2 Å². The lowest BCUT2D eigenvalue weighted by Crippen LogP contribution is -2.18. The number of thioether (sulfide) groups is 1. The molecule has 26 heavy (non-hydrogen) atoms. The maximum Gasteiger partial charge on any atom is 0.146 e. The van der Waals surface area contributed by atoms with Crippen LogP contribution in [0.15, 0.2) is 35.2 Å². The average molecular weight is 391 g/mol. The highest BCUT2D eigenvalue weighted by molar-refractivity contribution is 7.98. The highest BCUT2D eigenvalue weighted by atomic mass is 35.5. The summed E-state index contributed by atoms with van der Waals surface area (Å²) in [5.74, 6) is 0.632. The van der Waals surface area contributed by atoms with E-state index in [-0.39, 0.29) is 5.82 Å². The van der Waals surface area contributed by atoms with Crippen molar-refractivity contribution in [3.05, 3.63) is 57.9 Å². The number of nitrogens with zero attached hydrogens (tertiary/aromatic N) is 1. The average Bonchev–Trinajstić information content (AvgIpc) is 3.06. The number of anilines is 1. The molecule has 2 aliphatic heterocycles. The molecule has 0 atom stereocenters. The van der Waals surface area contributed by atoms with E-state index >= 15 is 0 Å². The maximum absolute atomic E-state index is 14.5. The normalized spacial score (nSPS) is 17.2. The van der Waals surface area contributed by atoms with Gasteiger partial charge in [0, 0.05) is 23.7 Å². The summed E-state index contributed by atoms with van der Waals surface area (Å²) in [6.45, 7) is 3.93. The predicted octanol–water partition coefficient (Wildman–Crippen LogP) is 5.06. The Bertz CT molecular complexity index is 790. The van der Waals surface area contributed by atoms with Gasteiger partial charge in [-0.2, -0.15) is 0 Å². The van der Waals surface area contributed by atoms with Gasteiger partial charge in [0.2, 0.25) is 0 Å². The molecule has 2 aromatic rings. The summed E-state index contributed by atoms with van der Waals surface area (Å²) in [5, 5.41) is 4.26. The summed E-state index contributed by atoms with van der Waals surface area (Å²) in [7, 11) is 0. The van der Waals surface area contributed by atoms with Crippen LogP contribution >= 0.6 is 23.4 Å². The fourth-order valence-electron chi connectivity index (χ4n) is 3.88. The van der Waals surface area contributed by atoms with Crippen LogP contribution in [0.3, 0.4) is 0 Å². The van der Waals surface area contributed by atoms with Gasteiger partial charge in [0.1, 0.15) is 5.82 Å². The number of rotatable bonds is 4.